The molecule has 7 nitrogen and oxygen atoms in total. The van der Waals surface area contributed by atoms with Crippen LogP contribution < -0.4 is 11.3 Å². The van der Waals surface area contributed by atoms with Crippen LogP contribution in [0, 0.1) is 6.92 Å². The van der Waals surface area contributed by atoms with E-state index < -0.39 is 5.91 Å². The third-order valence-electron chi connectivity index (χ3n) is 3.79. The molecular formula is C16H22N4O3S. The van der Waals surface area contributed by atoms with E-state index in [4.69, 9.17) is 5.73 Å². The van der Waals surface area contributed by atoms with Crippen LogP contribution in [0.5, 0.6) is 0 Å². The van der Waals surface area contributed by atoms with Gasteiger partial charge in [-0.25, -0.2) is 4.98 Å². The molecule has 2 aromatic rings. The fourth-order valence-electron chi connectivity index (χ4n) is 2.65. The van der Waals surface area contributed by atoms with Crippen LogP contribution in [-0.4, -0.2) is 39.4 Å². The van der Waals surface area contributed by atoms with Gasteiger partial charge in [0, 0.05) is 13.1 Å². The number of nitrogens with two attached hydrogens (primary N) is 1. The van der Waals surface area contributed by atoms with E-state index in [-0.39, 0.29) is 18.0 Å². The molecule has 0 aliphatic heterocycles. The first kappa shape index (κ1) is 18.1. The van der Waals surface area contributed by atoms with Crippen LogP contribution in [0.4, 0.5) is 0 Å². The molecule has 130 valence electrons. The van der Waals surface area contributed by atoms with Crippen molar-refractivity contribution in [2.24, 2.45) is 5.73 Å². The van der Waals surface area contributed by atoms with Crippen molar-refractivity contribution in [3.8, 4) is 0 Å². The second-order valence-electron chi connectivity index (χ2n) is 5.66. The SMILES string of the molecule is CCCN(CCC)C(=O)Cn1cnc2sc(C(N)=O)c(C)c2c1=O. The van der Waals surface area contributed by atoms with E-state index >= 15 is 0 Å². The summed E-state index contributed by atoms with van der Waals surface area (Å²) in [5.74, 6) is -0.681. The first-order valence-corrected chi connectivity index (χ1v) is 8.78. The lowest BCUT2D eigenvalue weighted by Gasteiger charge is -2.21. The number of aryl methyl sites for hydroxylation is 1. The molecule has 0 saturated carbocycles. The van der Waals surface area contributed by atoms with Crippen molar-refractivity contribution >= 4 is 33.4 Å². The smallest absolute Gasteiger partial charge is 0.262 e. The highest BCUT2D eigenvalue weighted by Gasteiger charge is 2.19. The molecule has 0 radical (unpaired) electrons. The number of primary amides is 1. The molecule has 8 heteroatoms. The zero-order valence-corrected chi connectivity index (χ0v) is 15.0. The lowest BCUT2D eigenvalue weighted by Crippen LogP contribution is -2.37. The van der Waals surface area contributed by atoms with Crippen molar-refractivity contribution in [2.45, 2.75) is 40.2 Å². The summed E-state index contributed by atoms with van der Waals surface area (Å²) in [6.45, 7) is 6.98. The summed E-state index contributed by atoms with van der Waals surface area (Å²) >= 11 is 1.10. The predicted octanol–water partition coefficient (Wildman–Crippen LogP) is 1.51. The third kappa shape index (κ3) is 3.48. The van der Waals surface area contributed by atoms with Gasteiger partial charge >= 0.3 is 0 Å². The number of rotatable bonds is 7. The van der Waals surface area contributed by atoms with Crippen LogP contribution >= 0.6 is 11.3 Å². The molecule has 2 heterocycles. The van der Waals surface area contributed by atoms with E-state index in [1.54, 1.807) is 11.8 Å². The van der Waals surface area contributed by atoms with Gasteiger partial charge in [-0.3, -0.25) is 19.0 Å². The number of amides is 2. The minimum Gasteiger partial charge on any atom is -0.365 e. The van der Waals surface area contributed by atoms with Gasteiger partial charge in [-0.15, -0.1) is 11.3 Å². The monoisotopic (exact) mass is 350 g/mol. The van der Waals surface area contributed by atoms with Crippen molar-refractivity contribution < 1.29 is 9.59 Å². The van der Waals surface area contributed by atoms with Gasteiger partial charge in [0.25, 0.3) is 11.5 Å². The van der Waals surface area contributed by atoms with Crippen molar-refractivity contribution in [1.29, 1.82) is 0 Å². The standard InChI is InChI=1S/C16H22N4O3S/c1-4-6-19(7-5-2)11(21)8-20-9-18-15-12(16(20)23)10(3)13(24-15)14(17)22/h9H,4-8H2,1-3H3,(H2,17,22). The zero-order chi connectivity index (χ0) is 17.9. The van der Waals surface area contributed by atoms with Crippen molar-refractivity contribution in [2.75, 3.05) is 13.1 Å². The van der Waals surface area contributed by atoms with Crippen molar-refractivity contribution in [1.82, 2.24) is 14.5 Å². The number of carbonyl (C=O) groups excluding carboxylic acids is 2. The van der Waals surface area contributed by atoms with Crippen molar-refractivity contribution in [3.05, 3.63) is 27.1 Å². The summed E-state index contributed by atoms with van der Waals surface area (Å²) < 4.78 is 1.30. The zero-order valence-electron chi connectivity index (χ0n) is 14.2. The molecule has 0 atom stereocenters. The Morgan fingerprint density at radius 3 is 2.46 bits per heavy atom. The summed E-state index contributed by atoms with van der Waals surface area (Å²) in [6, 6.07) is 0. The second-order valence-corrected chi connectivity index (χ2v) is 6.66. The quantitative estimate of drug-likeness (QED) is 0.818. The molecule has 24 heavy (non-hydrogen) atoms. The van der Waals surface area contributed by atoms with Crippen LogP contribution in [0.25, 0.3) is 10.2 Å². The van der Waals surface area contributed by atoms with Crippen molar-refractivity contribution in [3.63, 3.8) is 0 Å². The van der Waals surface area contributed by atoms with E-state index in [2.05, 4.69) is 4.98 Å². The summed E-state index contributed by atoms with van der Waals surface area (Å²) in [5, 5.41) is 0.363. The van der Waals surface area contributed by atoms with E-state index in [9.17, 15) is 14.4 Å². The molecule has 2 amide bonds. The van der Waals surface area contributed by atoms with Gasteiger partial charge < -0.3 is 10.6 Å². The fraction of sp³-hybridized carbons (Fsp3) is 0.500. The van der Waals surface area contributed by atoms with Crippen LogP contribution in [0.1, 0.15) is 41.9 Å². The molecular weight excluding hydrogens is 328 g/mol. The van der Waals surface area contributed by atoms with E-state index in [0.29, 0.717) is 33.7 Å². The Labute approximate surface area is 144 Å². The second kappa shape index (κ2) is 7.57. The Bertz CT molecular complexity index is 819. The number of nitrogens with zero attached hydrogens (tertiary/aromatic N) is 3. The van der Waals surface area contributed by atoms with Crippen LogP contribution in [0.3, 0.4) is 0 Å². The molecule has 0 spiro atoms. The molecule has 0 aromatic carbocycles. The predicted molar refractivity (Wildman–Crippen MR) is 94.3 cm³/mol. The molecule has 0 fully saturated rings. The maximum Gasteiger partial charge on any atom is 0.262 e. The highest BCUT2D eigenvalue weighted by molar-refractivity contribution is 7.20. The first-order valence-electron chi connectivity index (χ1n) is 7.96. The number of hydrogen-bond donors (Lipinski definition) is 1. The average Bonchev–Trinajstić information content (AvgIpc) is 2.87. The largest absolute Gasteiger partial charge is 0.365 e. The molecule has 0 aliphatic rings. The molecule has 0 aliphatic carbocycles. The van der Waals surface area contributed by atoms with Gasteiger partial charge in [0.1, 0.15) is 11.4 Å². The number of aromatic nitrogens is 2. The Balaban J connectivity index is 2.38. The molecule has 0 bridgehead atoms. The minimum atomic E-state index is -0.574. The first-order chi connectivity index (χ1) is 11.4. The van der Waals surface area contributed by atoms with E-state index in [1.807, 2.05) is 13.8 Å². The summed E-state index contributed by atoms with van der Waals surface area (Å²) in [5.41, 5.74) is 5.54. The lowest BCUT2D eigenvalue weighted by molar-refractivity contribution is -0.132. The van der Waals surface area contributed by atoms with E-state index in [0.717, 1.165) is 24.2 Å². The molecule has 2 aromatic heterocycles. The highest BCUT2D eigenvalue weighted by atomic mass is 32.1. The van der Waals surface area contributed by atoms with Gasteiger partial charge in [0.2, 0.25) is 5.91 Å². The van der Waals surface area contributed by atoms with Gasteiger partial charge in [0.05, 0.1) is 16.6 Å². The Hall–Kier alpha value is -2.22. The van der Waals surface area contributed by atoms with Crippen LogP contribution in [-0.2, 0) is 11.3 Å². The normalized spacial score (nSPS) is 11.0. The van der Waals surface area contributed by atoms with E-state index in [1.165, 1.54) is 10.9 Å². The molecule has 2 rings (SSSR count). The summed E-state index contributed by atoms with van der Waals surface area (Å²) in [7, 11) is 0. The number of carbonyl (C=O) groups is 2. The fourth-order valence-corrected chi connectivity index (χ4v) is 3.65. The number of hydrogen-bond acceptors (Lipinski definition) is 5. The minimum absolute atomic E-state index is 0.0526. The Morgan fingerprint density at radius 1 is 1.29 bits per heavy atom. The summed E-state index contributed by atoms with van der Waals surface area (Å²) in [4.78, 5) is 43.3. The van der Waals surface area contributed by atoms with Gasteiger partial charge in [-0.05, 0) is 25.3 Å². The Morgan fingerprint density at radius 2 is 1.92 bits per heavy atom. The maximum absolute atomic E-state index is 12.7. The highest BCUT2D eigenvalue weighted by Crippen LogP contribution is 2.26. The third-order valence-corrected chi connectivity index (χ3v) is 5.00. The van der Waals surface area contributed by atoms with Crippen LogP contribution in [0.2, 0.25) is 0 Å². The topological polar surface area (TPSA) is 98.3 Å². The number of thiophene rings is 1. The Kier molecular flexibility index (Phi) is 5.71. The molecule has 0 saturated heterocycles. The maximum atomic E-state index is 12.7. The van der Waals surface area contributed by atoms with Gasteiger partial charge in [-0.2, -0.15) is 0 Å². The average molecular weight is 350 g/mol. The number of fused-ring (bicyclic) bond motifs is 1. The molecule has 0 unspecified atom stereocenters. The summed E-state index contributed by atoms with van der Waals surface area (Å²) in [6.07, 6.45) is 3.09. The van der Waals surface area contributed by atoms with Gasteiger partial charge in [-0.1, -0.05) is 13.8 Å². The lowest BCUT2D eigenvalue weighted by atomic mass is 10.2. The van der Waals surface area contributed by atoms with Gasteiger partial charge in [0.15, 0.2) is 0 Å². The molecule has 2 N–H and O–H groups in total. The van der Waals surface area contributed by atoms with Crippen LogP contribution in [0.15, 0.2) is 11.1 Å².